The Morgan fingerprint density at radius 3 is 2.71 bits per heavy atom. The number of anilines is 1. The fourth-order valence-electron chi connectivity index (χ4n) is 2.41. The fraction of sp³-hybridized carbons (Fsp3) is 0.462. The van der Waals surface area contributed by atoms with Crippen molar-refractivity contribution in [3.05, 3.63) is 28.8 Å². The second-order valence-electron chi connectivity index (χ2n) is 5.10. The molecule has 1 atom stereocenters. The zero-order valence-corrected chi connectivity index (χ0v) is 13.1. The topological polar surface area (TPSA) is 86.7 Å². The van der Waals surface area contributed by atoms with Gasteiger partial charge < -0.3 is 5.11 Å². The maximum Gasteiger partial charge on any atom is 0.335 e. The number of nitrogens with one attached hydrogen (secondary N) is 1. The van der Waals surface area contributed by atoms with Gasteiger partial charge in [0.25, 0.3) is 0 Å². The highest BCUT2D eigenvalue weighted by molar-refractivity contribution is 7.90. The van der Waals surface area contributed by atoms with Crippen molar-refractivity contribution in [1.29, 1.82) is 0 Å². The van der Waals surface area contributed by atoms with E-state index in [9.17, 15) is 13.2 Å². The zero-order chi connectivity index (χ0) is 15.6. The average molecular weight is 333 g/mol. The second kappa shape index (κ2) is 6.21. The van der Waals surface area contributed by atoms with E-state index < -0.39 is 16.2 Å². The van der Waals surface area contributed by atoms with Crippen LogP contribution in [0.3, 0.4) is 0 Å². The summed E-state index contributed by atoms with van der Waals surface area (Å²) in [7, 11) is -3.71. The van der Waals surface area contributed by atoms with Crippen LogP contribution in [0.2, 0.25) is 5.02 Å². The molecule has 0 aromatic heterocycles. The van der Waals surface area contributed by atoms with Gasteiger partial charge in [-0.3, -0.25) is 4.72 Å². The maximum absolute atomic E-state index is 12.4. The molecular weight excluding hydrogens is 316 g/mol. The van der Waals surface area contributed by atoms with E-state index in [0.717, 1.165) is 19.3 Å². The van der Waals surface area contributed by atoms with Crippen LogP contribution in [0.15, 0.2) is 18.2 Å². The van der Waals surface area contributed by atoms with E-state index >= 15 is 0 Å². The Morgan fingerprint density at radius 1 is 1.38 bits per heavy atom. The molecule has 0 bridgehead atoms. The lowest BCUT2D eigenvalue weighted by Gasteiger charge is -2.32. The number of hydrogen-bond acceptors (Lipinski definition) is 3. The van der Waals surface area contributed by atoms with Crippen molar-refractivity contribution in [2.24, 2.45) is 0 Å². The van der Waals surface area contributed by atoms with Gasteiger partial charge in [-0.05, 0) is 38.0 Å². The van der Waals surface area contributed by atoms with Crippen molar-refractivity contribution in [3.8, 4) is 0 Å². The van der Waals surface area contributed by atoms with Crippen molar-refractivity contribution in [3.63, 3.8) is 0 Å². The Kier molecular flexibility index (Phi) is 4.75. The summed E-state index contributed by atoms with van der Waals surface area (Å²) < 4.78 is 28.6. The first kappa shape index (κ1) is 16.1. The molecule has 6 nitrogen and oxygen atoms in total. The lowest BCUT2D eigenvalue weighted by Crippen LogP contribution is -2.44. The first-order valence-corrected chi connectivity index (χ1v) is 8.45. The maximum atomic E-state index is 12.4. The standard InChI is InChI=1S/C13H17ClN2O4S/c1-9-4-2-3-5-16(9)21(19,20)15-12-7-10(13(17)18)6-11(14)8-12/h6-9,15H,2-5H2,1H3,(H,17,18). The van der Waals surface area contributed by atoms with Crippen molar-refractivity contribution >= 4 is 33.5 Å². The molecule has 0 saturated carbocycles. The highest BCUT2D eigenvalue weighted by atomic mass is 35.5. The van der Waals surface area contributed by atoms with Gasteiger partial charge in [-0.1, -0.05) is 18.0 Å². The number of benzene rings is 1. The molecule has 8 heteroatoms. The van der Waals surface area contributed by atoms with Crippen LogP contribution in [0.1, 0.15) is 36.5 Å². The Morgan fingerprint density at radius 2 is 2.10 bits per heavy atom. The van der Waals surface area contributed by atoms with Gasteiger partial charge in [0.1, 0.15) is 0 Å². The van der Waals surface area contributed by atoms with Crippen LogP contribution in [0.5, 0.6) is 0 Å². The first-order valence-electron chi connectivity index (χ1n) is 6.63. The molecule has 1 aliphatic heterocycles. The molecule has 116 valence electrons. The number of nitrogens with zero attached hydrogens (tertiary/aromatic N) is 1. The average Bonchev–Trinajstić information content (AvgIpc) is 2.37. The van der Waals surface area contributed by atoms with Crippen LogP contribution in [0.25, 0.3) is 0 Å². The van der Waals surface area contributed by atoms with Gasteiger partial charge in [0.2, 0.25) is 0 Å². The van der Waals surface area contributed by atoms with Crippen LogP contribution >= 0.6 is 11.6 Å². The SMILES string of the molecule is CC1CCCCN1S(=O)(=O)Nc1cc(Cl)cc(C(=O)O)c1. The summed E-state index contributed by atoms with van der Waals surface area (Å²) in [4.78, 5) is 11.0. The summed E-state index contributed by atoms with van der Waals surface area (Å²) in [6.45, 7) is 2.32. The number of carbonyl (C=O) groups is 1. The molecule has 1 unspecified atom stereocenters. The van der Waals surface area contributed by atoms with Crippen LogP contribution in [0.4, 0.5) is 5.69 Å². The number of aromatic carboxylic acids is 1. The van der Waals surface area contributed by atoms with E-state index in [1.807, 2.05) is 6.92 Å². The number of carboxylic acids is 1. The van der Waals surface area contributed by atoms with Crippen molar-refractivity contribution in [2.75, 3.05) is 11.3 Å². The molecule has 2 N–H and O–H groups in total. The molecule has 1 saturated heterocycles. The predicted molar refractivity (Wildman–Crippen MR) is 81.0 cm³/mol. The summed E-state index contributed by atoms with van der Waals surface area (Å²) in [6, 6.07) is 3.83. The summed E-state index contributed by atoms with van der Waals surface area (Å²) in [5.41, 5.74) is 0.0876. The number of piperidine rings is 1. The third-order valence-corrected chi connectivity index (χ3v) is 5.31. The van der Waals surface area contributed by atoms with Crippen molar-refractivity contribution in [1.82, 2.24) is 4.31 Å². The second-order valence-corrected chi connectivity index (χ2v) is 7.16. The van der Waals surface area contributed by atoms with Crippen LogP contribution in [0, 0.1) is 0 Å². The molecule has 1 aromatic carbocycles. The molecule has 0 aliphatic carbocycles. The summed E-state index contributed by atoms with van der Waals surface area (Å²) in [5, 5.41) is 9.14. The molecule has 1 aliphatic rings. The molecule has 21 heavy (non-hydrogen) atoms. The normalized spacial score (nSPS) is 20.2. The van der Waals surface area contributed by atoms with Gasteiger partial charge in [-0.2, -0.15) is 12.7 Å². The van der Waals surface area contributed by atoms with E-state index in [1.165, 1.54) is 22.5 Å². The number of halogens is 1. The smallest absolute Gasteiger partial charge is 0.335 e. The summed E-state index contributed by atoms with van der Waals surface area (Å²) in [6.07, 6.45) is 2.64. The molecule has 0 radical (unpaired) electrons. The number of rotatable bonds is 4. The zero-order valence-electron chi connectivity index (χ0n) is 11.5. The Bertz CT molecular complexity index is 648. The van der Waals surface area contributed by atoms with Crippen LogP contribution in [-0.2, 0) is 10.2 Å². The minimum absolute atomic E-state index is 0.0631. The molecule has 0 amide bonds. The fourth-order valence-corrected chi connectivity index (χ4v) is 4.13. The highest BCUT2D eigenvalue weighted by Gasteiger charge is 2.29. The minimum atomic E-state index is -3.71. The lowest BCUT2D eigenvalue weighted by atomic mass is 10.1. The Hall–Kier alpha value is -1.31. The molecule has 1 aromatic rings. The monoisotopic (exact) mass is 332 g/mol. The van der Waals surface area contributed by atoms with Gasteiger partial charge >= 0.3 is 16.2 Å². The molecule has 0 spiro atoms. The van der Waals surface area contributed by atoms with Gasteiger partial charge in [0.15, 0.2) is 0 Å². The van der Waals surface area contributed by atoms with Gasteiger partial charge in [0, 0.05) is 17.6 Å². The lowest BCUT2D eigenvalue weighted by molar-refractivity contribution is 0.0697. The van der Waals surface area contributed by atoms with E-state index in [2.05, 4.69) is 4.72 Å². The van der Waals surface area contributed by atoms with Gasteiger partial charge in [-0.15, -0.1) is 0 Å². The van der Waals surface area contributed by atoms with Crippen LogP contribution < -0.4 is 4.72 Å². The van der Waals surface area contributed by atoms with E-state index in [4.69, 9.17) is 16.7 Å². The molecule has 1 heterocycles. The quantitative estimate of drug-likeness (QED) is 0.887. The highest BCUT2D eigenvalue weighted by Crippen LogP contribution is 2.24. The van der Waals surface area contributed by atoms with E-state index in [0.29, 0.717) is 6.54 Å². The van der Waals surface area contributed by atoms with E-state index in [1.54, 1.807) is 0 Å². The predicted octanol–water partition coefficient (Wildman–Crippen LogP) is 2.57. The first-order chi connectivity index (χ1) is 9.79. The van der Waals surface area contributed by atoms with Crippen LogP contribution in [-0.4, -0.2) is 36.4 Å². The molecular formula is C13H17ClN2O4S. The molecule has 1 fully saturated rings. The van der Waals surface area contributed by atoms with Crippen molar-refractivity contribution in [2.45, 2.75) is 32.2 Å². The number of carboxylic acid groups (broad SMARTS) is 1. The van der Waals surface area contributed by atoms with E-state index in [-0.39, 0.29) is 22.3 Å². The third kappa shape index (κ3) is 3.87. The molecule has 2 rings (SSSR count). The number of hydrogen-bond donors (Lipinski definition) is 2. The largest absolute Gasteiger partial charge is 0.478 e. The summed E-state index contributed by atoms with van der Waals surface area (Å²) in [5.74, 6) is -1.16. The van der Waals surface area contributed by atoms with Gasteiger partial charge in [0.05, 0.1) is 11.3 Å². The Labute approximate surface area is 128 Å². The van der Waals surface area contributed by atoms with Crippen molar-refractivity contribution < 1.29 is 18.3 Å². The third-order valence-electron chi connectivity index (χ3n) is 3.44. The Balaban J connectivity index is 2.26. The minimum Gasteiger partial charge on any atom is -0.478 e. The summed E-state index contributed by atoms with van der Waals surface area (Å²) >= 11 is 5.83. The van der Waals surface area contributed by atoms with Gasteiger partial charge in [-0.25, -0.2) is 4.79 Å².